The third-order valence-corrected chi connectivity index (χ3v) is 4.27. The summed E-state index contributed by atoms with van der Waals surface area (Å²) >= 11 is 6.11. The molecule has 3 aromatic rings. The monoisotopic (exact) mass is 372 g/mol. The molecule has 0 bridgehead atoms. The van der Waals surface area contributed by atoms with Gasteiger partial charge in [-0.2, -0.15) is 5.10 Å². The molecule has 0 unspecified atom stereocenters. The van der Waals surface area contributed by atoms with Crippen molar-refractivity contribution in [2.75, 3.05) is 0 Å². The lowest BCUT2D eigenvalue weighted by Gasteiger charge is -2.05. The van der Waals surface area contributed by atoms with Gasteiger partial charge in [-0.1, -0.05) is 11.6 Å². The second-order valence-electron chi connectivity index (χ2n) is 5.87. The molecule has 0 amide bonds. The molecule has 0 aliphatic rings. The average Bonchev–Trinajstić information content (AvgIpc) is 2.83. The number of pyridine rings is 1. The van der Waals surface area contributed by atoms with Crippen molar-refractivity contribution in [3.05, 3.63) is 68.5 Å². The van der Waals surface area contributed by atoms with Crippen LogP contribution in [-0.2, 0) is 23.2 Å². The van der Waals surface area contributed by atoms with Gasteiger partial charge in [0.1, 0.15) is 17.4 Å². The summed E-state index contributed by atoms with van der Waals surface area (Å²) in [6, 6.07) is 4.97. The molecule has 0 atom stereocenters. The van der Waals surface area contributed by atoms with Crippen molar-refractivity contribution < 1.29 is 9.53 Å². The lowest BCUT2D eigenvalue weighted by atomic mass is 10.2. The fourth-order valence-electron chi connectivity index (χ4n) is 2.51. The highest BCUT2D eigenvalue weighted by Crippen LogP contribution is 2.20. The van der Waals surface area contributed by atoms with Crippen LogP contribution in [0.4, 0.5) is 0 Å². The maximum absolute atomic E-state index is 12.1. The highest BCUT2D eigenvalue weighted by Gasteiger charge is 2.09. The average molecular weight is 373 g/mol. The summed E-state index contributed by atoms with van der Waals surface area (Å²) in [7, 11) is 1.72. The van der Waals surface area contributed by atoms with Crippen LogP contribution in [-0.4, -0.2) is 25.1 Å². The molecule has 26 heavy (non-hydrogen) atoms. The van der Waals surface area contributed by atoms with Gasteiger partial charge in [0.2, 0.25) is 0 Å². The number of halogens is 1. The molecular weight excluding hydrogens is 356 g/mol. The zero-order valence-electron chi connectivity index (χ0n) is 14.6. The van der Waals surface area contributed by atoms with Gasteiger partial charge in [0.25, 0.3) is 5.56 Å². The van der Waals surface area contributed by atoms with Crippen LogP contribution in [0.5, 0.6) is 0 Å². The molecule has 134 valence electrons. The summed E-state index contributed by atoms with van der Waals surface area (Å²) in [5.41, 5.74) is 3.02. The maximum Gasteiger partial charge on any atom is 0.331 e. The van der Waals surface area contributed by atoms with Crippen LogP contribution in [0.25, 0.3) is 11.7 Å². The Morgan fingerprint density at radius 2 is 2.12 bits per heavy atom. The highest BCUT2D eigenvalue weighted by molar-refractivity contribution is 6.31. The van der Waals surface area contributed by atoms with E-state index in [1.165, 1.54) is 21.2 Å². The predicted octanol–water partition coefficient (Wildman–Crippen LogP) is 2.45. The molecule has 0 N–H and O–H groups in total. The first-order valence-corrected chi connectivity index (χ1v) is 8.26. The van der Waals surface area contributed by atoms with Crippen molar-refractivity contribution in [1.29, 1.82) is 0 Å². The minimum absolute atomic E-state index is 0.0946. The van der Waals surface area contributed by atoms with Gasteiger partial charge in [0, 0.05) is 31.0 Å². The largest absolute Gasteiger partial charge is 0.456 e. The number of ether oxygens (including phenoxy) is 1. The Balaban J connectivity index is 1.72. The fraction of sp³-hybridized carbons (Fsp3) is 0.222. The number of aryl methyl sites for hydroxylation is 3. The molecule has 3 aromatic heterocycles. The van der Waals surface area contributed by atoms with Gasteiger partial charge < -0.3 is 4.74 Å². The molecule has 7 nitrogen and oxygen atoms in total. The summed E-state index contributed by atoms with van der Waals surface area (Å²) in [5.74, 6) is -0.560. The van der Waals surface area contributed by atoms with Crippen LogP contribution in [0, 0.1) is 13.8 Å². The standard InChI is InChI=1S/C18H17ClN4O3/c1-11-6-7-23-15(8-11)20-13(9-16(23)24)10-26-17(25)5-4-14-12(2)21-22(3)18(14)19/h4-9H,10H2,1-3H3/b5-4+. The Labute approximate surface area is 154 Å². The summed E-state index contributed by atoms with van der Waals surface area (Å²) in [5, 5.41) is 4.60. The lowest BCUT2D eigenvalue weighted by Crippen LogP contribution is -2.16. The molecule has 8 heteroatoms. The molecule has 0 aromatic carbocycles. The lowest BCUT2D eigenvalue weighted by molar-refractivity contribution is -0.139. The Bertz CT molecular complexity index is 1080. The minimum Gasteiger partial charge on any atom is -0.456 e. The second-order valence-corrected chi connectivity index (χ2v) is 6.23. The van der Waals surface area contributed by atoms with E-state index >= 15 is 0 Å². The van der Waals surface area contributed by atoms with E-state index in [1.54, 1.807) is 32.3 Å². The molecule has 0 fully saturated rings. The van der Waals surface area contributed by atoms with Crippen molar-refractivity contribution in [3.63, 3.8) is 0 Å². The molecule has 3 rings (SSSR count). The fourth-order valence-corrected chi connectivity index (χ4v) is 2.75. The normalized spacial score (nSPS) is 11.4. The molecule has 0 aliphatic heterocycles. The van der Waals surface area contributed by atoms with Crippen LogP contribution in [0.2, 0.25) is 5.15 Å². The first kappa shape index (κ1) is 17.9. The molecule has 0 spiro atoms. The van der Waals surface area contributed by atoms with E-state index in [4.69, 9.17) is 16.3 Å². The minimum atomic E-state index is -0.560. The van der Waals surface area contributed by atoms with Crippen LogP contribution in [0.3, 0.4) is 0 Å². The van der Waals surface area contributed by atoms with Crippen molar-refractivity contribution >= 4 is 29.3 Å². The van der Waals surface area contributed by atoms with Gasteiger partial charge in [-0.3, -0.25) is 13.9 Å². The van der Waals surface area contributed by atoms with E-state index in [2.05, 4.69) is 10.1 Å². The Morgan fingerprint density at radius 1 is 1.35 bits per heavy atom. The van der Waals surface area contributed by atoms with Crippen molar-refractivity contribution in [1.82, 2.24) is 19.2 Å². The number of carbonyl (C=O) groups excluding carboxylic acids is 1. The number of rotatable bonds is 4. The van der Waals surface area contributed by atoms with Gasteiger partial charge >= 0.3 is 5.97 Å². The Hall–Kier alpha value is -2.93. The quantitative estimate of drug-likeness (QED) is 0.519. The van der Waals surface area contributed by atoms with Crippen LogP contribution in [0.1, 0.15) is 22.5 Å². The number of hydrogen-bond donors (Lipinski definition) is 0. The van der Waals surface area contributed by atoms with Crippen LogP contribution >= 0.6 is 11.6 Å². The SMILES string of the molecule is Cc1ccn2c(=O)cc(COC(=O)/C=C/c3c(C)nn(C)c3Cl)nc2c1. The Morgan fingerprint density at radius 3 is 2.81 bits per heavy atom. The van der Waals surface area contributed by atoms with Crippen molar-refractivity contribution in [3.8, 4) is 0 Å². The Kier molecular flexibility index (Phi) is 4.90. The molecule has 3 heterocycles. The van der Waals surface area contributed by atoms with Gasteiger partial charge in [-0.05, 0) is 37.6 Å². The number of esters is 1. The highest BCUT2D eigenvalue weighted by atomic mass is 35.5. The van der Waals surface area contributed by atoms with E-state index < -0.39 is 5.97 Å². The van der Waals surface area contributed by atoms with Gasteiger partial charge in [0.15, 0.2) is 0 Å². The summed E-state index contributed by atoms with van der Waals surface area (Å²) in [6.45, 7) is 3.61. The summed E-state index contributed by atoms with van der Waals surface area (Å²) < 4.78 is 8.12. The van der Waals surface area contributed by atoms with Gasteiger partial charge in [-0.25, -0.2) is 9.78 Å². The van der Waals surface area contributed by atoms with Gasteiger partial charge in [0.05, 0.1) is 11.4 Å². The predicted molar refractivity (Wildman–Crippen MR) is 98.0 cm³/mol. The smallest absolute Gasteiger partial charge is 0.331 e. The van der Waals surface area contributed by atoms with E-state index in [-0.39, 0.29) is 12.2 Å². The van der Waals surface area contributed by atoms with Crippen LogP contribution < -0.4 is 5.56 Å². The zero-order chi connectivity index (χ0) is 18.8. The number of hydrogen-bond acceptors (Lipinski definition) is 5. The third kappa shape index (κ3) is 3.67. The summed E-state index contributed by atoms with van der Waals surface area (Å²) in [4.78, 5) is 28.4. The first-order chi connectivity index (χ1) is 12.3. The molecule has 0 saturated heterocycles. The first-order valence-electron chi connectivity index (χ1n) is 7.88. The van der Waals surface area contributed by atoms with E-state index in [9.17, 15) is 9.59 Å². The van der Waals surface area contributed by atoms with E-state index in [0.29, 0.717) is 27.8 Å². The van der Waals surface area contributed by atoms with Crippen molar-refractivity contribution in [2.24, 2.45) is 7.05 Å². The molecule has 0 saturated carbocycles. The topological polar surface area (TPSA) is 78.5 Å². The third-order valence-electron chi connectivity index (χ3n) is 3.82. The molecule has 0 aliphatic carbocycles. The molecular formula is C18H17ClN4O3. The number of carbonyl (C=O) groups is 1. The number of fused-ring (bicyclic) bond motifs is 1. The van der Waals surface area contributed by atoms with Gasteiger partial charge in [-0.15, -0.1) is 0 Å². The van der Waals surface area contributed by atoms with E-state index in [1.807, 2.05) is 13.0 Å². The van der Waals surface area contributed by atoms with Crippen LogP contribution in [0.15, 0.2) is 35.3 Å². The van der Waals surface area contributed by atoms with E-state index in [0.717, 1.165) is 5.56 Å². The number of nitrogens with zero attached hydrogens (tertiary/aromatic N) is 4. The van der Waals surface area contributed by atoms with Crippen molar-refractivity contribution in [2.45, 2.75) is 20.5 Å². The second kappa shape index (κ2) is 7.13. The zero-order valence-corrected chi connectivity index (χ0v) is 15.3. The molecule has 0 radical (unpaired) electrons. The number of aromatic nitrogens is 4. The summed E-state index contributed by atoms with van der Waals surface area (Å²) in [6.07, 6.45) is 4.49. The maximum atomic E-state index is 12.1.